The normalized spacial score (nSPS) is 11.8. The van der Waals surface area contributed by atoms with Crippen LogP contribution in [0.1, 0.15) is 0 Å². The summed E-state index contributed by atoms with van der Waals surface area (Å²) in [5, 5.41) is 12.6. The molecule has 0 heterocycles. The van der Waals surface area contributed by atoms with Gasteiger partial charge in [0.2, 0.25) is 0 Å². The molecule has 12 heavy (non-hydrogen) atoms. The lowest BCUT2D eigenvalue weighted by Crippen LogP contribution is -2.11. The van der Waals surface area contributed by atoms with Crippen LogP contribution in [0, 0.1) is 10.1 Å². The van der Waals surface area contributed by atoms with Gasteiger partial charge in [-0.3, -0.25) is 10.1 Å². The van der Waals surface area contributed by atoms with Gasteiger partial charge in [-0.15, -0.1) is 0 Å². The summed E-state index contributed by atoms with van der Waals surface area (Å²) in [6.45, 7) is 0. The second-order valence-corrected chi connectivity index (χ2v) is 2.26. The molecule has 0 fully saturated rings. The number of hydrogen-bond donors (Lipinski definition) is 1. The monoisotopic (exact) mass is 172 g/mol. The van der Waals surface area contributed by atoms with E-state index in [0.717, 1.165) is 6.20 Å². The van der Waals surface area contributed by atoms with Crippen molar-refractivity contribution in [2.24, 2.45) is 4.99 Å². The van der Waals surface area contributed by atoms with Crippen LogP contribution >= 0.6 is 0 Å². The van der Waals surface area contributed by atoms with Crippen LogP contribution in [0.4, 0.5) is 0 Å². The summed E-state index contributed by atoms with van der Waals surface area (Å²) in [6.07, 6.45) is 2.28. The standard InChI is InChI=1S/C6H12N4O2/c1-7-6(4-10(11)12)8-5-9(2)3/h4-5,7H,1-3H3/b6-4-,8-5+. The Kier molecular flexibility index (Phi) is 4.43. The Hall–Kier alpha value is -1.59. The Morgan fingerprint density at radius 1 is 1.67 bits per heavy atom. The molecule has 0 aromatic heterocycles. The highest BCUT2D eigenvalue weighted by atomic mass is 16.6. The molecule has 0 radical (unpaired) electrons. The highest BCUT2D eigenvalue weighted by molar-refractivity contribution is 5.55. The van der Waals surface area contributed by atoms with E-state index in [-0.39, 0.29) is 5.82 Å². The van der Waals surface area contributed by atoms with Crippen LogP contribution in [-0.4, -0.2) is 37.3 Å². The zero-order valence-electron chi connectivity index (χ0n) is 7.31. The topological polar surface area (TPSA) is 70.8 Å². The van der Waals surface area contributed by atoms with Gasteiger partial charge in [-0.2, -0.15) is 0 Å². The Labute approximate surface area is 70.7 Å². The maximum absolute atomic E-state index is 10.0. The van der Waals surface area contributed by atoms with E-state index in [4.69, 9.17) is 0 Å². The van der Waals surface area contributed by atoms with E-state index in [2.05, 4.69) is 10.3 Å². The van der Waals surface area contributed by atoms with Crippen LogP contribution in [0.3, 0.4) is 0 Å². The minimum Gasteiger partial charge on any atom is -0.369 e. The number of nitrogens with zero attached hydrogens (tertiary/aromatic N) is 3. The molecule has 68 valence electrons. The summed E-state index contributed by atoms with van der Waals surface area (Å²) in [6, 6.07) is 0. The van der Waals surface area contributed by atoms with Gasteiger partial charge in [0.15, 0.2) is 5.82 Å². The van der Waals surface area contributed by atoms with Gasteiger partial charge in [0.25, 0.3) is 6.20 Å². The van der Waals surface area contributed by atoms with Crippen LogP contribution in [0.25, 0.3) is 0 Å². The first-order chi connectivity index (χ1) is 5.56. The Balaban J connectivity index is 4.27. The largest absolute Gasteiger partial charge is 0.369 e. The summed E-state index contributed by atoms with van der Waals surface area (Å²) >= 11 is 0. The minimum absolute atomic E-state index is 0.216. The molecule has 0 saturated carbocycles. The predicted octanol–water partition coefficient (Wildman–Crippen LogP) is -0.129. The lowest BCUT2D eigenvalue weighted by Gasteiger charge is -2.02. The second kappa shape index (κ2) is 5.11. The molecule has 6 nitrogen and oxygen atoms in total. The van der Waals surface area contributed by atoms with Gasteiger partial charge < -0.3 is 10.2 Å². The lowest BCUT2D eigenvalue weighted by atomic mass is 10.7. The van der Waals surface area contributed by atoms with E-state index in [9.17, 15) is 10.1 Å². The summed E-state index contributed by atoms with van der Waals surface area (Å²) in [5.41, 5.74) is 0. The van der Waals surface area contributed by atoms with E-state index >= 15 is 0 Å². The average molecular weight is 172 g/mol. The van der Waals surface area contributed by atoms with Crippen molar-refractivity contribution in [1.29, 1.82) is 0 Å². The fourth-order valence-electron chi connectivity index (χ4n) is 0.440. The molecule has 0 bridgehead atoms. The van der Waals surface area contributed by atoms with E-state index in [1.807, 2.05) is 0 Å². The van der Waals surface area contributed by atoms with E-state index in [1.54, 1.807) is 26.0 Å². The molecule has 0 spiro atoms. The molecule has 1 N–H and O–H groups in total. The molecule has 0 aromatic carbocycles. The summed E-state index contributed by atoms with van der Waals surface area (Å²) in [4.78, 5) is 14.9. The van der Waals surface area contributed by atoms with Crippen molar-refractivity contribution in [2.75, 3.05) is 21.1 Å². The predicted molar refractivity (Wildman–Crippen MR) is 46.3 cm³/mol. The molecule has 0 aliphatic heterocycles. The number of nitrogens with one attached hydrogen (secondary N) is 1. The number of rotatable bonds is 4. The van der Waals surface area contributed by atoms with E-state index in [1.165, 1.54) is 6.34 Å². The molecule has 0 saturated heterocycles. The van der Waals surface area contributed by atoms with Crippen LogP contribution in [0.2, 0.25) is 0 Å². The highest BCUT2D eigenvalue weighted by Gasteiger charge is 1.95. The van der Waals surface area contributed by atoms with Gasteiger partial charge >= 0.3 is 0 Å². The van der Waals surface area contributed by atoms with Crippen molar-refractivity contribution >= 4 is 6.34 Å². The van der Waals surface area contributed by atoms with E-state index < -0.39 is 4.92 Å². The fraction of sp³-hybridized carbons (Fsp3) is 0.500. The summed E-state index contributed by atoms with van der Waals surface area (Å²) in [5.74, 6) is 0.216. The quantitative estimate of drug-likeness (QED) is 0.277. The third kappa shape index (κ3) is 5.21. The number of hydrogen-bond acceptors (Lipinski definition) is 4. The van der Waals surface area contributed by atoms with E-state index in [0.29, 0.717) is 0 Å². The summed E-state index contributed by atoms with van der Waals surface area (Å²) < 4.78 is 0. The molecular weight excluding hydrogens is 160 g/mol. The first-order valence-corrected chi connectivity index (χ1v) is 3.30. The Morgan fingerprint density at radius 3 is 2.58 bits per heavy atom. The lowest BCUT2D eigenvalue weighted by molar-refractivity contribution is -0.403. The maximum atomic E-state index is 10.0. The van der Waals surface area contributed by atoms with Crippen molar-refractivity contribution < 1.29 is 4.92 Å². The first kappa shape index (κ1) is 10.4. The maximum Gasteiger partial charge on any atom is 0.276 e. The van der Waals surface area contributed by atoms with Crippen LogP contribution < -0.4 is 5.32 Å². The Morgan fingerprint density at radius 2 is 2.25 bits per heavy atom. The van der Waals surface area contributed by atoms with Crippen LogP contribution in [0.15, 0.2) is 17.0 Å². The Bertz CT molecular complexity index is 210. The van der Waals surface area contributed by atoms with Gasteiger partial charge in [0.1, 0.15) is 0 Å². The van der Waals surface area contributed by atoms with Gasteiger partial charge in [0.05, 0.1) is 11.3 Å². The highest BCUT2D eigenvalue weighted by Crippen LogP contribution is 1.88. The molecule has 0 aromatic rings. The molecule has 0 unspecified atom stereocenters. The molecule has 0 amide bonds. The van der Waals surface area contributed by atoms with Gasteiger partial charge in [-0.25, -0.2) is 4.99 Å². The van der Waals surface area contributed by atoms with Crippen LogP contribution in [0.5, 0.6) is 0 Å². The summed E-state index contributed by atoms with van der Waals surface area (Å²) in [7, 11) is 5.13. The molecule has 0 rings (SSSR count). The zero-order valence-corrected chi connectivity index (χ0v) is 7.31. The van der Waals surface area contributed by atoms with Crippen LogP contribution in [-0.2, 0) is 0 Å². The van der Waals surface area contributed by atoms with Gasteiger partial charge in [-0.05, 0) is 0 Å². The smallest absolute Gasteiger partial charge is 0.276 e. The third-order valence-electron chi connectivity index (χ3n) is 0.912. The SMILES string of the molecule is CNC(=C/[N+](=O)[O-])/N=C/N(C)C. The fourth-order valence-corrected chi connectivity index (χ4v) is 0.440. The third-order valence-corrected chi connectivity index (χ3v) is 0.912. The van der Waals surface area contributed by atoms with Gasteiger partial charge in [-0.1, -0.05) is 0 Å². The molecule has 0 aliphatic carbocycles. The van der Waals surface area contributed by atoms with Crippen molar-refractivity contribution in [2.45, 2.75) is 0 Å². The second-order valence-electron chi connectivity index (χ2n) is 2.26. The molecular formula is C6H12N4O2. The molecule has 6 heteroatoms. The van der Waals surface area contributed by atoms with Crippen molar-refractivity contribution in [3.8, 4) is 0 Å². The number of aliphatic imine (C=N–C) groups is 1. The zero-order chi connectivity index (χ0) is 9.56. The van der Waals surface area contributed by atoms with Crippen molar-refractivity contribution in [3.63, 3.8) is 0 Å². The molecule has 0 atom stereocenters. The number of nitro groups is 1. The van der Waals surface area contributed by atoms with Crippen molar-refractivity contribution in [1.82, 2.24) is 10.2 Å². The molecule has 0 aliphatic rings. The minimum atomic E-state index is -0.557. The average Bonchev–Trinajstić information content (AvgIpc) is 1.97. The van der Waals surface area contributed by atoms with Crippen molar-refractivity contribution in [3.05, 3.63) is 22.1 Å². The van der Waals surface area contributed by atoms with Gasteiger partial charge in [0, 0.05) is 21.1 Å². The first-order valence-electron chi connectivity index (χ1n) is 3.30.